The lowest BCUT2D eigenvalue weighted by Crippen LogP contribution is -2.33. The maximum Gasteiger partial charge on any atom is 0.222 e. The van der Waals surface area contributed by atoms with Gasteiger partial charge in [0, 0.05) is 44.6 Å². The molecular weight excluding hydrogens is 372 g/mol. The van der Waals surface area contributed by atoms with E-state index >= 15 is 0 Å². The van der Waals surface area contributed by atoms with Gasteiger partial charge in [-0.15, -0.1) is 0 Å². The summed E-state index contributed by atoms with van der Waals surface area (Å²) < 4.78 is 2.09. The highest BCUT2D eigenvalue weighted by Gasteiger charge is 2.27. The number of para-hydroxylation sites is 1. The van der Waals surface area contributed by atoms with Crippen LogP contribution in [0, 0.1) is 0 Å². The van der Waals surface area contributed by atoms with Crippen molar-refractivity contribution in [3.8, 4) is 5.69 Å². The average Bonchev–Trinajstić information content (AvgIpc) is 3.16. The van der Waals surface area contributed by atoms with Crippen LogP contribution in [0.1, 0.15) is 42.8 Å². The fourth-order valence-corrected chi connectivity index (χ4v) is 4.21. The van der Waals surface area contributed by atoms with Gasteiger partial charge >= 0.3 is 0 Å². The highest BCUT2D eigenvalue weighted by atomic mass is 16.2. The third-order valence-electron chi connectivity index (χ3n) is 5.85. The van der Waals surface area contributed by atoms with E-state index in [9.17, 15) is 4.79 Å². The number of carbonyl (C=O) groups excluding carboxylic acids is 1. The number of carbonyl (C=O) groups is 1. The maximum absolute atomic E-state index is 12.4. The molecule has 0 fully saturated rings. The quantitative estimate of drug-likeness (QED) is 0.595. The largest absolute Gasteiger partial charge is 0.337 e. The molecule has 2 aromatic carbocycles. The summed E-state index contributed by atoms with van der Waals surface area (Å²) in [4.78, 5) is 16.8. The minimum absolute atomic E-state index is 0.178. The van der Waals surface area contributed by atoms with Crippen LogP contribution in [0.2, 0.25) is 0 Å². The van der Waals surface area contributed by atoms with Gasteiger partial charge in [-0.1, -0.05) is 55.5 Å². The summed E-state index contributed by atoms with van der Waals surface area (Å²) in [6.07, 6.45) is 1.48. The summed E-state index contributed by atoms with van der Waals surface area (Å²) in [5.41, 5.74) is 6.00. The van der Waals surface area contributed by atoms with Crippen molar-refractivity contribution in [1.29, 1.82) is 0 Å². The monoisotopic (exact) mass is 402 g/mol. The number of fused-ring (bicyclic) bond motifs is 1. The van der Waals surface area contributed by atoms with Crippen molar-refractivity contribution in [2.75, 3.05) is 13.1 Å². The topological polar surface area (TPSA) is 41.4 Å². The lowest BCUT2D eigenvalue weighted by molar-refractivity contribution is -0.131. The Labute approximate surface area is 178 Å². The predicted molar refractivity (Wildman–Crippen MR) is 119 cm³/mol. The van der Waals surface area contributed by atoms with Gasteiger partial charge in [-0.3, -0.25) is 9.69 Å². The first-order valence-electron chi connectivity index (χ1n) is 10.9. The summed E-state index contributed by atoms with van der Waals surface area (Å²) in [6, 6.07) is 20.9. The molecule has 30 heavy (non-hydrogen) atoms. The first kappa shape index (κ1) is 20.4. The van der Waals surface area contributed by atoms with E-state index in [-0.39, 0.29) is 5.91 Å². The molecule has 1 aromatic heterocycles. The third-order valence-corrected chi connectivity index (χ3v) is 5.85. The van der Waals surface area contributed by atoms with Crippen molar-refractivity contribution >= 4 is 5.91 Å². The van der Waals surface area contributed by atoms with Gasteiger partial charge in [0.2, 0.25) is 5.91 Å². The molecule has 0 bridgehead atoms. The van der Waals surface area contributed by atoms with E-state index in [2.05, 4.69) is 52.0 Å². The Morgan fingerprint density at radius 1 is 1.03 bits per heavy atom. The second kappa shape index (κ2) is 9.26. The number of amides is 1. The molecule has 4 rings (SSSR count). The normalized spacial score (nSPS) is 13.8. The predicted octanol–water partition coefficient (Wildman–Crippen LogP) is 4.19. The molecule has 5 heteroatoms. The number of aromatic nitrogens is 2. The summed E-state index contributed by atoms with van der Waals surface area (Å²) in [7, 11) is 0. The van der Waals surface area contributed by atoms with Gasteiger partial charge in [0.25, 0.3) is 0 Å². The van der Waals surface area contributed by atoms with E-state index in [1.165, 1.54) is 16.8 Å². The highest BCUT2D eigenvalue weighted by Crippen LogP contribution is 2.27. The smallest absolute Gasteiger partial charge is 0.222 e. The van der Waals surface area contributed by atoms with E-state index in [0.29, 0.717) is 19.5 Å². The Bertz CT molecular complexity index is 981. The Balaban J connectivity index is 1.66. The third kappa shape index (κ3) is 4.31. The van der Waals surface area contributed by atoms with Gasteiger partial charge in [0.1, 0.15) is 0 Å². The molecule has 0 radical (unpaired) electrons. The van der Waals surface area contributed by atoms with Crippen LogP contribution in [0.15, 0.2) is 60.7 Å². The molecule has 0 saturated carbocycles. The van der Waals surface area contributed by atoms with Crippen LogP contribution in [0.5, 0.6) is 0 Å². The molecule has 1 aliphatic rings. The maximum atomic E-state index is 12.4. The van der Waals surface area contributed by atoms with Crippen molar-refractivity contribution in [2.24, 2.45) is 0 Å². The molecule has 5 nitrogen and oxygen atoms in total. The molecule has 2 heterocycles. The minimum atomic E-state index is 0.178. The van der Waals surface area contributed by atoms with Crippen molar-refractivity contribution in [3.63, 3.8) is 0 Å². The van der Waals surface area contributed by atoms with Gasteiger partial charge in [-0.05, 0) is 24.6 Å². The summed E-state index contributed by atoms with van der Waals surface area (Å²) in [5.74, 6) is 0.178. The standard InChI is InChI=1S/C25H30N4O/c1-3-25(30)28(4-2)19-23-22-18-27(17-20-11-7-5-8-12-20)16-15-24(22)29(26-23)21-13-9-6-10-14-21/h5-14H,3-4,15-19H2,1-2H3. The molecule has 0 N–H and O–H groups in total. The second-order valence-electron chi connectivity index (χ2n) is 7.83. The molecule has 1 amide bonds. The number of nitrogens with zero attached hydrogens (tertiary/aromatic N) is 4. The van der Waals surface area contributed by atoms with Gasteiger partial charge in [-0.2, -0.15) is 5.10 Å². The van der Waals surface area contributed by atoms with Crippen molar-refractivity contribution < 1.29 is 4.79 Å². The van der Waals surface area contributed by atoms with E-state index in [1.54, 1.807) is 0 Å². The zero-order chi connectivity index (χ0) is 20.9. The Morgan fingerprint density at radius 2 is 1.73 bits per heavy atom. The fourth-order valence-electron chi connectivity index (χ4n) is 4.21. The van der Waals surface area contributed by atoms with Crippen LogP contribution in [-0.4, -0.2) is 38.6 Å². The van der Waals surface area contributed by atoms with Crippen LogP contribution in [0.4, 0.5) is 0 Å². The van der Waals surface area contributed by atoms with E-state index in [0.717, 1.165) is 37.4 Å². The molecule has 1 aliphatic heterocycles. The van der Waals surface area contributed by atoms with Gasteiger partial charge < -0.3 is 4.90 Å². The number of benzene rings is 2. The summed E-state index contributed by atoms with van der Waals surface area (Å²) >= 11 is 0. The first-order chi connectivity index (χ1) is 14.7. The lowest BCUT2D eigenvalue weighted by atomic mass is 10.0. The van der Waals surface area contributed by atoms with Crippen molar-refractivity contribution in [2.45, 2.75) is 46.3 Å². The zero-order valence-electron chi connectivity index (χ0n) is 17.9. The second-order valence-corrected chi connectivity index (χ2v) is 7.83. The van der Waals surface area contributed by atoms with Gasteiger partial charge in [-0.25, -0.2) is 4.68 Å². The molecular formula is C25H30N4O. The van der Waals surface area contributed by atoms with Crippen LogP contribution >= 0.6 is 0 Å². The van der Waals surface area contributed by atoms with Crippen molar-refractivity contribution in [1.82, 2.24) is 19.6 Å². The molecule has 156 valence electrons. The molecule has 0 spiro atoms. The van der Waals surface area contributed by atoms with Crippen LogP contribution < -0.4 is 0 Å². The fraction of sp³-hybridized carbons (Fsp3) is 0.360. The van der Waals surface area contributed by atoms with Crippen LogP contribution in [-0.2, 0) is 30.8 Å². The SMILES string of the molecule is CCC(=O)N(CC)Cc1nn(-c2ccccc2)c2c1CN(Cc1ccccc1)CC2. The van der Waals surface area contributed by atoms with Gasteiger partial charge in [0.15, 0.2) is 0 Å². The first-order valence-corrected chi connectivity index (χ1v) is 10.9. The van der Waals surface area contributed by atoms with Crippen LogP contribution in [0.3, 0.4) is 0 Å². The number of hydrogen-bond acceptors (Lipinski definition) is 3. The molecule has 3 aromatic rings. The molecule has 0 unspecified atom stereocenters. The summed E-state index contributed by atoms with van der Waals surface area (Å²) in [5, 5.41) is 5.00. The number of hydrogen-bond donors (Lipinski definition) is 0. The van der Waals surface area contributed by atoms with Crippen LogP contribution in [0.25, 0.3) is 5.69 Å². The van der Waals surface area contributed by atoms with E-state index < -0.39 is 0 Å². The zero-order valence-corrected chi connectivity index (χ0v) is 17.9. The molecule has 0 aliphatic carbocycles. The van der Waals surface area contributed by atoms with E-state index in [1.807, 2.05) is 36.9 Å². The lowest BCUT2D eigenvalue weighted by Gasteiger charge is -2.28. The summed E-state index contributed by atoms with van der Waals surface area (Å²) in [6.45, 7) is 8.04. The average molecular weight is 403 g/mol. The Morgan fingerprint density at radius 3 is 2.40 bits per heavy atom. The van der Waals surface area contributed by atoms with Crippen molar-refractivity contribution in [3.05, 3.63) is 83.2 Å². The Hall–Kier alpha value is -2.92. The highest BCUT2D eigenvalue weighted by molar-refractivity contribution is 5.75. The van der Waals surface area contributed by atoms with E-state index in [4.69, 9.17) is 5.10 Å². The molecule has 0 saturated heterocycles. The molecule has 0 atom stereocenters. The number of rotatable bonds is 7. The minimum Gasteiger partial charge on any atom is -0.337 e. The van der Waals surface area contributed by atoms with Gasteiger partial charge in [0.05, 0.1) is 23.6 Å². The Kier molecular flexibility index (Phi) is 6.29.